The van der Waals surface area contributed by atoms with Crippen LogP contribution in [0.25, 0.3) is 0 Å². The van der Waals surface area contributed by atoms with Crippen LogP contribution in [0.5, 0.6) is 0 Å². The monoisotopic (exact) mass is 282 g/mol. The zero-order valence-electron chi connectivity index (χ0n) is 11.9. The predicted octanol–water partition coefficient (Wildman–Crippen LogP) is 2.91. The molecule has 0 radical (unpaired) electrons. The van der Waals surface area contributed by atoms with Crippen molar-refractivity contribution in [2.45, 2.75) is 45.1 Å². The van der Waals surface area contributed by atoms with E-state index in [0.29, 0.717) is 12.6 Å². The van der Waals surface area contributed by atoms with Gasteiger partial charge in [0.25, 0.3) is 0 Å². The van der Waals surface area contributed by atoms with Crippen LogP contribution in [0.1, 0.15) is 39.0 Å². The lowest BCUT2D eigenvalue weighted by Crippen LogP contribution is -2.33. The van der Waals surface area contributed by atoms with Gasteiger partial charge in [0.1, 0.15) is 6.07 Å². The summed E-state index contributed by atoms with van der Waals surface area (Å²) in [5.74, 6) is -0.517. The Labute approximate surface area is 119 Å². The van der Waals surface area contributed by atoms with E-state index in [1.54, 1.807) is 6.92 Å². The van der Waals surface area contributed by atoms with Crippen LogP contribution in [-0.2, 0) is 9.53 Å². The SMILES string of the molecule is CCOC(=O)/C(C#N)=C(\SC)N(C)C1CCCCC1. The highest BCUT2D eigenvalue weighted by Crippen LogP contribution is 2.29. The van der Waals surface area contributed by atoms with E-state index in [1.165, 1.54) is 31.0 Å². The number of esters is 1. The van der Waals surface area contributed by atoms with Gasteiger partial charge in [-0.3, -0.25) is 0 Å². The van der Waals surface area contributed by atoms with Crippen LogP contribution < -0.4 is 0 Å². The molecule has 0 amide bonds. The van der Waals surface area contributed by atoms with Crippen molar-refractivity contribution >= 4 is 17.7 Å². The summed E-state index contributed by atoms with van der Waals surface area (Å²) in [7, 11) is 1.97. The Hall–Kier alpha value is -1.15. The second-order valence-electron chi connectivity index (χ2n) is 4.62. The van der Waals surface area contributed by atoms with Gasteiger partial charge in [-0.25, -0.2) is 4.79 Å². The summed E-state index contributed by atoms with van der Waals surface area (Å²) in [4.78, 5) is 13.9. The van der Waals surface area contributed by atoms with E-state index in [9.17, 15) is 10.1 Å². The zero-order chi connectivity index (χ0) is 14.3. The predicted molar refractivity (Wildman–Crippen MR) is 77.4 cm³/mol. The first kappa shape index (κ1) is 15.9. The number of hydrogen-bond donors (Lipinski definition) is 0. The average molecular weight is 282 g/mol. The van der Waals surface area contributed by atoms with Crippen LogP contribution in [0, 0.1) is 11.3 Å². The third-order valence-corrected chi connectivity index (χ3v) is 4.32. The number of thioether (sulfide) groups is 1. The molecule has 1 rings (SSSR count). The third-order valence-electron chi connectivity index (χ3n) is 3.44. The molecule has 0 saturated heterocycles. The molecule has 0 atom stereocenters. The molecule has 5 heteroatoms. The lowest BCUT2D eigenvalue weighted by molar-refractivity contribution is -0.138. The second-order valence-corrected chi connectivity index (χ2v) is 5.41. The molecule has 1 fully saturated rings. The van der Waals surface area contributed by atoms with Gasteiger partial charge in [-0.2, -0.15) is 5.26 Å². The molecule has 0 spiro atoms. The van der Waals surface area contributed by atoms with Crippen molar-refractivity contribution in [1.82, 2.24) is 4.90 Å². The maximum Gasteiger partial charge on any atom is 0.351 e. The van der Waals surface area contributed by atoms with Crippen LogP contribution >= 0.6 is 11.8 Å². The maximum atomic E-state index is 11.8. The number of carbonyl (C=O) groups excluding carboxylic acids is 1. The van der Waals surface area contributed by atoms with Crippen LogP contribution in [0.3, 0.4) is 0 Å². The summed E-state index contributed by atoms with van der Waals surface area (Å²) in [6.45, 7) is 2.04. The molecule has 4 nitrogen and oxygen atoms in total. The molecule has 106 valence electrons. The summed E-state index contributed by atoms with van der Waals surface area (Å²) in [6.07, 6.45) is 7.87. The molecular formula is C14H22N2O2S. The number of hydrogen-bond acceptors (Lipinski definition) is 5. The highest BCUT2D eigenvalue weighted by atomic mass is 32.2. The van der Waals surface area contributed by atoms with Gasteiger partial charge in [0.15, 0.2) is 5.57 Å². The first-order valence-corrected chi connectivity index (χ1v) is 7.96. The Bertz CT molecular complexity index is 381. The lowest BCUT2D eigenvalue weighted by atomic mass is 9.94. The minimum atomic E-state index is -0.517. The second kappa shape index (κ2) is 8.11. The van der Waals surface area contributed by atoms with Gasteiger partial charge in [-0.15, -0.1) is 11.8 Å². The minimum Gasteiger partial charge on any atom is -0.462 e. The topological polar surface area (TPSA) is 53.3 Å². The van der Waals surface area contributed by atoms with Crippen molar-refractivity contribution in [3.8, 4) is 6.07 Å². The Morgan fingerprint density at radius 1 is 1.42 bits per heavy atom. The highest BCUT2D eigenvalue weighted by Gasteiger charge is 2.25. The summed E-state index contributed by atoms with van der Waals surface area (Å²) in [6, 6.07) is 2.43. The average Bonchev–Trinajstić information content (AvgIpc) is 2.45. The van der Waals surface area contributed by atoms with E-state index in [-0.39, 0.29) is 5.57 Å². The van der Waals surface area contributed by atoms with E-state index in [4.69, 9.17) is 4.74 Å². The zero-order valence-corrected chi connectivity index (χ0v) is 12.8. The fourth-order valence-electron chi connectivity index (χ4n) is 2.44. The molecule has 0 aromatic heterocycles. The first-order valence-electron chi connectivity index (χ1n) is 6.74. The Kier molecular flexibility index (Phi) is 6.79. The molecule has 0 unspecified atom stereocenters. The molecule has 0 aliphatic heterocycles. The molecule has 0 N–H and O–H groups in total. The van der Waals surface area contributed by atoms with E-state index in [2.05, 4.69) is 4.90 Å². The number of rotatable bonds is 5. The van der Waals surface area contributed by atoms with E-state index < -0.39 is 5.97 Å². The molecular weight excluding hydrogens is 260 g/mol. The largest absolute Gasteiger partial charge is 0.462 e. The molecule has 0 aromatic carbocycles. The molecule has 0 heterocycles. The van der Waals surface area contributed by atoms with Crippen LogP contribution in [0.4, 0.5) is 0 Å². The van der Waals surface area contributed by atoms with Crippen molar-refractivity contribution in [2.75, 3.05) is 19.9 Å². The Balaban J connectivity index is 2.94. The van der Waals surface area contributed by atoms with Crippen LogP contribution in [-0.4, -0.2) is 36.8 Å². The Morgan fingerprint density at radius 3 is 2.53 bits per heavy atom. The van der Waals surface area contributed by atoms with Gasteiger partial charge in [0, 0.05) is 13.1 Å². The van der Waals surface area contributed by atoms with Gasteiger partial charge in [-0.05, 0) is 26.0 Å². The standard InChI is InChI=1S/C14H22N2O2S/c1-4-18-14(17)12(10-15)13(19-3)16(2)11-8-6-5-7-9-11/h11H,4-9H2,1-3H3/b13-12-. The number of nitriles is 1. The van der Waals surface area contributed by atoms with E-state index in [0.717, 1.165) is 17.9 Å². The Morgan fingerprint density at radius 2 is 2.05 bits per heavy atom. The minimum absolute atomic E-state index is 0.127. The smallest absolute Gasteiger partial charge is 0.351 e. The summed E-state index contributed by atoms with van der Waals surface area (Å²) >= 11 is 1.44. The quantitative estimate of drug-likeness (QED) is 0.441. The summed E-state index contributed by atoms with van der Waals surface area (Å²) in [5, 5.41) is 9.95. The van der Waals surface area contributed by atoms with Crippen LogP contribution in [0.2, 0.25) is 0 Å². The van der Waals surface area contributed by atoms with Gasteiger partial charge >= 0.3 is 5.97 Å². The molecule has 19 heavy (non-hydrogen) atoms. The van der Waals surface area contributed by atoms with Gasteiger partial charge in [-0.1, -0.05) is 19.3 Å². The number of ether oxygens (including phenoxy) is 1. The number of carbonyl (C=O) groups is 1. The van der Waals surface area contributed by atoms with E-state index in [1.807, 2.05) is 19.4 Å². The third kappa shape index (κ3) is 4.17. The summed E-state index contributed by atoms with van der Waals surface area (Å²) < 4.78 is 4.96. The molecule has 1 aliphatic rings. The van der Waals surface area contributed by atoms with Crippen molar-refractivity contribution < 1.29 is 9.53 Å². The van der Waals surface area contributed by atoms with Crippen molar-refractivity contribution in [1.29, 1.82) is 5.26 Å². The van der Waals surface area contributed by atoms with Crippen molar-refractivity contribution in [3.05, 3.63) is 10.6 Å². The lowest BCUT2D eigenvalue weighted by Gasteiger charge is -2.34. The fraction of sp³-hybridized carbons (Fsp3) is 0.714. The summed E-state index contributed by atoms with van der Waals surface area (Å²) in [5.41, 5.74) is 0.127. The van der Waals surface area contributed by atoms with Gasteiger partial charge in [0.2, 0.25) is 0 Å². The molecule has 1 aliphatic carbocycles. The molecule has 0 aromatic rings. The fourth-order valence-corrected chi connectivity index (χ4v) is 3.21. The maximum absolute atomic E-state index is 11.8. The van der Waals surface area contributed by atoms with Gasteiger partial charge < -0.3 is 9.64 Å². The molecule has 1 saturated carbocycles. The number of nitrogens with zero attached hydrogens (tertiary/aromatic N) is 2. The molecule has 0 bridgehead atoms. The first-order chi connectivity index (χ1) is 9.15. The van der Waals surface area contributed by atoms with Crippen LogP contribution in [0.15, 0.2) is 10.6 Å². The van der Waals surface area contributed by atoms with Gasteiger partial charge in [0.05, 0.1) is 11.6 Å². The van der Waals surface area contributed by atoms with Crippen molar-refractivity contribution in [3.63, 3.8) is 0 Å². The van der Waals surface area contributed by atoms with Crippen molar-refractivity contribution in [2.24, 2.45) is 0 Å². The normalized spacial score (nSPS) is 17.4. The highest BCUT2D eigenvalue weighted by molar-refractivity contribution is 8.02. The van der Waals surface area contributed by atoms with E-state index >= 15 is 0 Å².